The number of fused-ring (bicyclic) bond motifs is 6. The van der Waals surface area contributed by atoms with Gasteiger partial charge in [0.25, 0.3) is 0 Å². The Morgan fingerprint density at radius 1 is 0.404 bits per heavy atom. The van der Waals surface area contributed by atoms with Crippen molar-refractivity contribution in [2.24, 2.45) is 0 Å². The van der Waals surface area contributed by atoms with E-state index in [1.807, 2.05) is 0 Å². The zero-order valence-corrected chi connectivity index (χ0v) is 26.7. The molecule has 7 aromatic rings. The third-order valence-corrected chi connectivity index (χ3v) is 10.4. The highest BCUT2D eigenvalue weighted by molar-refractivity contribution is 5.87. The van der Waals surface area contributed by atoms with Crippen LogP contribution in [-0.4, -0.2) is 0 Å². The second-order valence-corrected chi connectivity index (χ2v) is 13.4. The molecule has 0 N–H and O–H groups in total. The minimum atomic E-state index is -0.145. The summed E-state index contributed by atoms with van der Waals surface area (Å²) in [5.41, 5.74) is 18.1. The van der Waals surface area contributed by atoms with Crippen LogP contribution < -0.4 is 4.90 Å². The van der Waals surface area contributed by atoms with Crippen LogP contribution in [0.3, 0.4) is 0 Å². The lowest BCUT2D eigenvalue weighted by atomic mass is 9.80. The van der Waals surface area contributed by atoms with Gasteiger partial charge >= 0.3 is 0 Å². The lowest BCUT2D eigenvalue weighted by Gasteiger charge is -2.28. The van der Waals surface area contributed by atoms with Crippen molar-refractivity contribution in [3.8, 4) is 33.4 Å². The van der Waals surface area contributed by atoms with Crippen molar-refractivity contribution in [2.45, 2.75) is 25.2 Å². The Labute approximate surface area is 277 Å². The normalized spacial score (nSPS) is 13.8. The first kappa shape index (κ1) is 27.6. The Kier molecular flexibility index (Phi) is 6.30. The number of benzene rings is 7. The van der Waals surface area contributed by atoms with E-state index >= 15 is 0 Å². The molecule has 0 aliphatic heterocycles. The van der Waals surface area contributed by atoms with Crippen LogP contribution in [0, 0.1) is 0 Å². The van der Waals surface area contributed by atoms with E-state index in [0.717, 1.165) is 11.4 Å². The molecule has 47 heavy (non-hydrogen) atoms. The molecular formula is C46H35N. The summed E-state index contributed by atoms with van der Waals surface area (Å²) in [7, 11) is 0. The lowest BCUT2D eigenvalue weighted by molar-refractivity contribution is 0.659. The molecule has 0 aromatic heterocycles. The maximum atomic E-state index is 2.50. The summed E-state index contributed by atoms with van der Waals surface area (Å²) in [5, 5.41) is 0. The Morgan fingerprint density at radius 3 is 1.55 bits per heavy atom. The van der Waals surface area contributed by atoms with Crippen molar-refractivity contribution in [2.75, 3.05) is 4.90 Å². The van der Waals surface area contributed by atoms with E-state index in [4.69, 9.17) is 0 Å². The molecule has 0 atom stereocenters. The van der Waals surface area contributed by atoms with Crippen molar-refractivity contribution < 1.29 is 0 Å². The van der Waals surface area contributed by atoms with Crippen LogP contribution in [-0.2, 0) is 5.41 Å². The number of para-hydroxylation sites is 1. The van der Waals surface area contributed by atoms with Gasteiger partial charge in [-0.05, 0) is 97.6 Å². The van der Waals surface area contributed by atoms with E-state index in [1.54, 1.807) is 0 Å². The third kappa shape index (κ3) is 4.38. The fraction of sp³-hybridized carbons (Fsp3) is 0.0870. The summed E-state index contributed by atoms with van der Waals surface area (Å²) in [6.07, 6.45) is 0. The standard InChI is InChI=1S/C46H35N/c1-46(2)43-29-33(45-41-19-11-9-17-37(41)38-18-10-12-20-42(38)45)23-27-39(43)40-28-26-36(30-44(40)46)47(34-15-7-4-8-16-34)35-24-21-32(22-25-35)31-13-5-3-6-14-31/h3-30,45H,1-2H3. The molecule has 0 spiro atoms. The fourth-order valence-electron chi connectivity index (χ4n) is 8.03. The van der Waals surface area contributed by atoms with Crippen LogP contribution in [0.25, 0.3) is 33.4 Å². The molecule has 0 amide bonds. The first-order chi connectivity index (χ1) is 23.1. The number of anilines is 3. The Hall–Kier alpha value is -5.66. The van der Waals surface area contributed by atoms with Crippen LogP contribution >= 0.6 is 0 Å². The number of hydrogen-bond acceptors (Lipinski definition) is 1. The van der Waals surface area contributed by atoms with E-state index < -0.39 is 0 Å². The minimum Gasteiger partial charge on any atom is -0.310 e. The van der Waals surface area contributed by atoms with Gasteiger partial charge in [0.15, 0.2) is 0 Å². The minimum absolute atomic E-state index is 0.145. The maximum Gasteiger partial charge on any atom is 0.0465 e. The molecule has 2 aliphatic rings. The first-order valence-corrected chi connectivity index (χ1v) is 16.6. The molecule has 7 aromatic carbocycles. The fourth-order valence-corrected chi connectivity index (χ4v) is 8.03. The molecule has 1 nitrogen and oxygen atoms in total. The van der Waals surface area contributed by atoms with E-state index in [1.165, 1.54) is 66.9 Å². The average Bonchev–Trinajstić information content (AvgIpc) is 3.58. The molecule has 2 aliphatic carbocycles. The first-order valence-electron chi connectivity index (χ1n) is 16.6. The molecule has 1 heteroatoms. The van der Waals surface area contributed by atoms with Crippen molar-refractivity contribution in [1.82, 2.24) is 0 Å². The SMILES string of the molecule is CC1(C)c2cc(C3c4ccccc4-c4ccccc43)ccc2-c2ccc(N(c3ccccc3)c3ccc(-c4ccccc4)cc3)cc21. The summed E-state index contributed by atoms with van der Waals surface area (Å²) >= 11 is 0. The third-order valence-electron chi connectivity index (χ3n) is 10.4. The molecule has 0 saturated heterocycles. The number of rotatable bonds is 5. The topological polar surface area (TPSA) is 3.24 Å². The van der Waals surface area contributed by atoms with Crippen LogP contribution in [0.1, 0.15) is 47.6 Å². The van der Waals surface area contributed by atoms with E-state index in [0.29, 0.717) is 0 Å². The Bertz CT molecular complexity index is 2220. The van der Waals surface area contributed by atoms with E-state index in [9.17, 15) is 0 Å². The smallest absolute Gasteiger partial charge is 0.0465 e. The zero-order valence-electron chi connectivity index (χ0n) is 26.7. The van der Waals surface area contributed by atoms with Crippen LogP contribution in [0.2, 0.25) is 0 Å². The second-order valence-electron chi connectivity index (χ2n) is 13.4. The van der Waals surface area contributed by atoms with Gasteiger partial charge in [0.2, 0.25) is 0 Å². The van der Waals surface area contributed by atoms with Crippen LogP contribution in [0.5, 0.6) is 0 Å². The molecule has 9 rings (SSSR count). The van der Waals surface area contributed by atoms with E-state index in [2.05, 4.69) is 189 Å². The maximum absolute atomic E-state index is 2.50. The van der Waals surface area contributed by atoms with Gasteiger partial charge in [-0.25, -0.2) is 0 Å². The molecule has 224 valence electrons. The van der Waals surface area contributed by atoms with Gasteiger partial charge in [0.05, 0.1) is 0 Å². The van der Waals surface area contributed by atoms with Crippen molar-refractivity contribution >= 4 is 17.1 Å². The van der Waals surface area contributed by atoms with Gasteiger partial charge in [-0.3, -0.25) is 0 Å². The number of nitrogens with zero attached hydrogens (tertiary/aromatic N) is 1. The zero-order chi connectivity index (χ0) is 31.5. The largest absolute Gasteiger partial charge is 0.310 e. The van der Waals surface area contributed by atoms with Gasteiger partial charge in [-0.1, -0.05) is 147 Å². The summed E-state index contributed by atoms with van der Waals surface area (Å²) in [6.45, 7) is 4.78. The Balaban J connectivity index is 1.13. The van der Waals surface area contributed by atoms with Crippen LogP contribution in [0.15, 0.2) is 170 Å². The van der Waals surface area contributed by atoms with Gasteiger partial charge in [0.1, 0.15) is 0 Å². The van der Waals surface area contributed by atoms with Crippen molar-refractivity contribution in [3.63, 3.8) is 0 Å². The summed E-state index contributed by atoms with van der Waals surface area (Å²) < 4.78 is 0. The summed E-state index contributed by atoms with van der Waals surface area (Å²) in [5.74, 6) is 0.246. The summed E-state index contributed by atoms with van der Waals surface area (Å²) in [6, 6.07) is 62.4. The second kappa shape index (κ2) is 10.7. The average molecular weight is 602 g/mol. The number of hydrogen-bond donors (Lipinski definition) is 0. The Morgan fingerprint density at radius 2 is 0.894 bits per heavy atom. The van der Waals surface area contributed by atoms with Crippen molar-refractivity contribution in [1.29, 1.82) is 0 Å². The molecule has 0 bridgehead atoms. The predicted molar refractivity (Wildman–Crippen MR) is 197 cm³/mol. The molecule has 0 heterocycles. The highest BCUT2D eigenvalue weighted by atomic mass is 15.1. The van der Waals surface area contributed by atoms with Gasteiger partial charge in [-0.2, -0.15) is 0 Å². The highest BCUT2D eigenvalue weighted by Crippen LogP contribution is 2.53. The predicted octanol–water partition coefficient (Wildman–Crippen LogP) is 12.3. The molecular weight excluding hydrogens is 567 g/mol. The molecule has 0 radical (unpaired) electrons. The van der Waals surface area contributed by atoms with Crippen LogP contribution in [0.4, 0.5) is 17.1 Å². The van der Waals surface area contributed by atoms with Crippen molar-refractivity contribution in [3.05, 3.63) is 198 Å². The highest BCUT2D eigenvalue weighted by Gasteiger charge is 2.38. The van der Waals surface area contributed by atoms with Gasteiger partial charge < -0.3 is 4.90 Å². The molecule has 0 saturated carbocycles. The lowest BCUT2D eigenvalue weighted by Crippen LogP contribution is -2.17. The van der Waals surface area contributed by atoms with E-state index in [-0.39, 0.29) is 11.3 Å². The molecule has 0 fully saturated rings. The summed E-state index contributed by atoms with van der Waals surface area (Å²) in [4.78, 5) is 2.38. The van der Waals surface area contributed by atoms with Gasteiger partial charge in [0, 0.05) is 28.4 Å². The molecule has 0 unspecified atom stereocenters. The monoisotopic (exact) mass is 601 g/mol. The van der Waals surface area contributed by atoms with Gasteiger partial charge in [-0.15, -0.1) is 0 Å². The quantitative estimate of drug-likeness (QED) is 0.190.